The second-order valence-electron chi connectivity index (χ2n) is 4.92. The van der Waals surface area contributed by atoms with Crippen molar-refractivity contribution >= 4 is 5.97 Å². The van der Waals surface area contributed by atoms with Crippen LogP contribution in [0.2, 0.25) is 0 Å². The van der Waals surface area contributed by atoms with Crippen LogP contribution in [0.15, 0.2) is 12.3 Å². The van der Waals surface area contributed by atoms with Gasteiger partial charge in [0.25, 0.3) is 0 Å². The molecule has 1 heterocycles. The number of rotatable bonds is 4. The third-order valence-corrected chi connectivity index (χ3v) is 2.50. The van der Waals surface area contributed by atoms with E-state index in [0.717, 1.165) is 5.69 Å². The molecule has 88 valence electrons. The van der Waals surface area contributed by atoms with E-state index in [0.29, 0.717) is 18.2 Å². The fourth-order valence-electron chi connectivity index (χ4n) is 1.29. The van der Waals surface area contributed by atoms with Gasteiger partial charge in [-0.05, 0) is 25.8 Å². The summed E-state index contributed by atoms with van der Waals surface area (Å²) in [6.45, 7) is 7.46. The second-order valence-corrected chi connectivity index (χ2v) is 4.92. The predicted molar refractivity (Wildman–Crippen MR) is 61.2 cm³/mol. The van der Waals surface area contributed by atoms with Crippen LogP contribution in [0.25, 0.3) is 0 Å². The van der Waals surface area contributed by atoms with Crippen molar-refractivity contribution in [1.82, 2.24) is 9.97 Å². The Morgan fingerprint density at radius 3 is 2.62 bits per heavy atom. The first kappa shape index (κ1) is 12.6. The number of carbonyl (C=O) groups is 1. The third kappa shape index (κ3) is 3.02. The molecule has 1 N–H and O–H groups in total. The summed E-state index contributed by atoms with van der Waals surface area (Å²) in [6, 6.07) is 1.86. The van der Waals surface area contributed by atoms with Crippen LogP contribution in [0.3, 0.4) is 0 Å². The molecule has 0 atom stereocenters. The zero-order valence-corrected chi connectivity index (χ0v) is 10.2. The van der Waals surface area contributed by atoms with Crippen molar-refractivity contribution < 1.29 is 9.90 Å². The van der Waals surface area contributed by atoms with E-state index in [1.807, 2.05) is 6.07 Å². The Hall–Kier alpha value is -1.45. The molecule has 4 heteroatoms. The van der Waals surface area contributed by atoms with Crippen molar-refractivity contribution in [3.63, 3.8) is 0 Å². The van der Waals surface area contributed by atoms with Crippen molar-refractivity contribution in [3.05, 3.63) is 23.8 Å². The first-order valence-corrected chi connectivity index (χ1v) is 5.38. The normalized spacial score (nSPS) is 11.8. The fourth-order valence-corrected chi connectivity index (χ4v) is 1.29. The van der Waals surface area contributed by atoms with Gasteiger partial charge in [-0.25, -0.2) is 9.97 Å². The largest absolute Gasteiger partial charge is 0.481 e. The van der Waals surface area contributed by atoms with Crippen molar-refractivity contribution in [3.8, 4) is 0 Å². The number of aliphatic carboxylic acids is 1. The highest BCUT2D eigenvalue weighted by Gasteiger charge is 2.28. The summed E-state index contributed by atoms with van der Waals surface area (Å²) in [5.41, 5.74) is 0.126. The van der Waals surface area contributed by atoms with Gasteiger partial charge in [0.15, 0.2) is 0 Å². The van der Waals surface area contributed by atoms with Gasteiger partial charge in [-0.3, -0.25) is 4.79 Å². The molecule has 0 unspecified atom stereocenters. The van der Waals surface area contributed by atoms with Gasteiger partial charge in [-0.2, -0.15) is 0 Å². The lowest BCUT2D eigenvalue weighted by atomic mass is 9.89. The molecule has 0 aromatic carbocycles. The van der Waals surface area contributed by atoms with E-state index in [-0.39, 0.29) is 0 Å². The summed E-state index contributed by atoms with van der Waals surface area (Å²) in [4.78, 5) is 19.5. The highest BCUT2D eigenvalue weighted by molar-refractivity contribution is 5.73. The Labute approximate surface area is 95.7 Å². The molecule has 0 amide bonds. The lowest BCUT2D eigenvalue weighted by Crippen LogP contribution is -2.27. The monoisotopic (exact) mass is 222 g/mol. The van der Waals surface area contributed by atoms with Crippen LogP contribution < -0.4 is 0 Å². The van der Waals surface area contributed by atoms with Crippen molar-refractivity contribution in [2.45, 2.75) is 40.0 Å². The third-order valence-electron chi connectivity index (χ3n) is 2.50. The molecular formula is C12H18N2O2. The van der Waals surface area contributed by atoms with Crippen LogP contribution >= 0.6 is 0 Å². The Bertz CT molecular complexity index is 386. The van der Waals surface area contributed by atoms with E-state index in [2.05, 4.69) is 23.8 Å². The van der Waals surface area contributed by atoms with Crippen LogP contribution in [0.5, 0.6) is 0 Å². The molecule has 1 aromatic rings. The fraction of sp³-hybridized carbons (Fsp3) is 0.583. The van der Waals surface area contributed by atoms with Gasteiger partial charge >= 0.3 is 5.97 Å². The van der Waals surface area contributed by atoms with Gasteiger partial charge in [-0.1, -0.05) is 13.8 Å². The molecule has 0 bridgehead atoms. The van der Waals surface area contributed by atoms with Gasteiger partial charge in [-0.15, -0.1) is 0 Å². The average Bonchev–Trinajstić information content (AvgIpc) is 2.17. The van der Waals surface area contributed by atoms with E-state index in [1.165, 1.54) is 0 Å². The molecule has 0 spiro atoms. The summed E-state index contributed by atoms with van der Waals surface area (Å²) in [7, 11) is 0. The van der Waals surface area contributed by atoms with E-state index in [9.17, 15) is 4.79 Å². The number of aromatic nitrogens is 2. The summed E-state index contributed by atoms with van der Waals surface area (Å²) < 4.78 is 0. The lowest BCUT2D eigenvalue weighted by molar-refractivity contribution is -0.146. The quantitative estimate of drug-likeness (QED) is 0.848. The molecule has 0 aliphatic heterocycles. The first-order chi connectivity index (χ1) is 7.33. The second kappa shape index (κ2) is 4.60. The maximum Gasteiger partial charge on any atom is 0.309 e. The highest BCUT2D eigenvalue weighted by Crippen LogP contribution is 2.21. The number of hydrogen-bond donors (Lipinski definition) is 1. The van der Waals surface area contributed by atoms with E-state index < -0.39 is 11.4 Å². The van der Waals surface area contributed by atoms with Gasteiger partial charge in [0, 0.05) is 18.3 Å². The van der Waals surface area contributed by atoms with Crippen LogP contribution in [-0.2, 0) is 11.2 Å². The number of carboxylic acid groups (broad SMARTS) is 1. The summed E-state index contributed by atoms with van der Waals surface area (Å²) in [6.07, 6.45) is 2.04. The van der Waals surface area contributed by atoms with Gasteiger partial charge < -0.3 is 5.11 Å². The standard InChI is InChI=1S/C12H18N2O2/c1-8(2)9-5-6-13-10(14-9)7-12(3,4)11(15)16/h5-6,8H,7H2,1-4H3,(H,15,16). The summed E-state index contributed by atoms with van der Waals surface area (Å²) >= 11 is 0. The maximum absolute atomic E-state index is 11.0. The van der Waals surface area contributed by atoms with Crippen molar-refractivity contribution in [2.24, 2.45) is 5.41 Å². The van der Waals surface area contributed by atoms with Crippen LogP contribution in [-0.4, -0.2) is 21.0 Å². The maximum atomic E-state index is 11.0. The average molecular weight is 222 g/mol. The SMILES string of the molecule is CC(C)c1ccnc(CC(C)(C)C(=O)O)n1. The molecule has 0 saturated heterocycles. The Balaban J connectivity index is 2.90. The smallest absolute Gasteiger partial charge is 0.309 e. The van der Waals surface area contributed by atoms with Crippen LogP contribution in [0.1, 0.15) is 45.1 Å². The molecule has 1 aromatic heterocycles. The minimum Gasteiger partial charge on any atom is -0.481 e. The van der Waals surface area contributed by atoms with Gasteiger partial charge in [0.2, 0.25) is 0 Å². The van der Waals surface area contributed by atoms with Gasteiger partial charge in [0.05, 0.1) is 5.41 Å². The first-order valence-electron chi connectivity index (χ1n) is 5.38. The molecule has 4 nitrogen and oxygen atoms in total. The molecule has 0 fully saturated rings. The van der Waals surface area contributed by atoms with Crippen LogP contribution in [0.4, 0.5) is 0 Å². The number of carboxylic acids is 1. The molecule has 0 saturated carbocycles. The van der Waals surface area contributed by atoms with Crippen molar-refractivity contribution in [2.75, 3.05) is 0 Å². The number of hydrogen-bond acceptors (Lipinski definition) is 3. The molecular weight excluding hydrogens is 204 g/mol. The zero-order chi connectivity index (χ0) is 12.3. The highest BCUT2D eigenvalue weighted by atomic mass is 16.4. The van der Waals surface area contributed by atoms with Crippen LogP contribution in [0, 0.1) is 5.41 Å². The molecule has 1 rings (SSSR count). The Morgan fingerprint density at radius 1 is 1.50 bits per heavy atom. The van der Waals surface area contributed by atoms with E-state index >= 15 is 0 Å². The van der Waals surface area contributed by atoms with E-state index in [4.69, 9.17) is 5.11 Å². The Morgan fingerprint density at radius 2 is 2.12 bits per heavy atom. The zero-order valence-electron chi connectivity index (χ0n) is 10.2. The number of nitrogens with zero attached hydrogens (tertiary/aromatic N) is 2. The summed E-state index contributed by atoms with van der Waals surface area (Å²) in [5, 5.41) is 9.03. The molecule has 0 radical (unpaired) electrons. The molecule has 16 heavy (non-hydrogen) atoms. The summed E-state index contributed by atoms with van der Waals surface area (Å²) in [5.74, 6) is 0.0966. The van der Waals surface area contributed by atoms with E-state index in [1.54, 1.807) is 20.0 Å². The minimum atomic E-state index is -0.828. The Kier molecular flexibility index (Phi) is 3.62. The topological polar surface area (TPSA) is 63.1 Å². The lowest BCUT2D eigenvalue weighted by Gasteiger charge is -2.18. The molecule has 0 aliphatic rings. The van der Waals surface area contributed by atoms with Gasteiger partial charge in [0.1, 0.15) is 5.82 Å². The predicted octanol–water partition coefficient (Wildman–Crippen LogP) is 2.25. The van der Waals surface area contributed by atoms with Crippen molar-refractivity contribution in [1.29, 1.82) is 0 Å². The minimum absolute atomic E-state index is 0.328. The molecule has 0 aliphatic carbocycles.